The van der Waals surface area contributed by atoms with Crippen molar-refractivity contribution in [1.82, 2.24) is 24.7 Å². The Labute approximate surface area is 155 Å². The van der Waals surface area contributed by atoms with Gasteiger partial charge in [0.25, 0.3) is 0 Å². The van der Waals surface area contributed by atoms with Crippen LogP contribution in [0.4, 0.5) is 5.69 Å². The molecule has 0 aliphatic heterocycles. The zero-order chi connectivity index (χ0) is 18.4. The summed E-state index contributed by atoms with van der Waals surface area (Å²) in [6, 6.07) is 7.26. The molecule has 26 heavy (non-hydrogen) atoms. The van der Waals surface area contributed by atoms with E-state index in [0.29, 0.717) is 23.3 Å². The monoisotopic (exact) mass is 370 g/mol. The number of amides is 1. The lowest BCUT2D eigenvalue weighted by Gasteiger charge is -2.07. The van der Waals surface area contributed by atoms with Crippen LogP contribution < -0.4 is 10.1 Å². The van der Waals surface area contributed by atoms with Crippen molar-refractivity contribution >= 4 is 23.4 Å². The Balaban J connectivity index is 1.57. The van der Waals surface area contributed by atoms with Crippen LogP contribution in [0, 0.1) is 0 Å². The third-order valence-electron chi connectivity index (χ3n) is 3.41. The number of thioether (sulfide) groups is 1. The molecule has 0 fully saturated rings. The largest absolute Gasteiger partial charge is 0.494 e. The molecule has 0 spiro atoms. The Morgan fingerprint density at radius 3 is 2.73 bits per heavy atom. The molecule has 2 aromatic heterocycles. The fourth-order valence-corrected chi connectivity index (χ4v) is 2.92. The van der Waals surface area contributed by atoms with Gasteiger partial charge in [0.2, 0.25) is 5.91 Å². The lowest BCUT2D eigenvalue weighted by Crippen LogP contribution is -2.14. The highest BCUT2D eigenvalue weighted by Gasteiger charge is 2.14. The Bertz CT molecular complexity index is 867. The van der Waals surface area contributed by atoms with Gasteiger partial charge in [0, 0.05) is 25.1 Å². The minimum atomic E-state index is -0.122. The number of carbonyl (C=O) groups is 1. The maximum absolute atomic E-state index is 12.1. The normalized spacial score (nSPS) is 10.5. The molecule has 134 valence electrons. The topological polar surface area (TPSA) is 94.8 Å². The first kappa shape index (κ1) is 17.9. The number of hydrogen-bond acceptors (Lipinski definition) is 7. The zero-order valence-electron chi connectivity index (χ0n) is 14.4. The van der Waals surface area contributed by atoms with Crippen molar-refractivity contribution in [3.05, 3.63) is 42.9 Å². The summed E-state index contributed by atoms with van der Waals surface area (Å²) >= 11 is 1.31. The van der Waals surface area contributed by atoms with Gasteiger partial charge >= 0.3 is 0 Å². The van der Waals surface area contributed by atoms with E-state index in [1.54, 1.807) is 23.2 Å². The van der Waals surface area contributed by atoms with Gasteiger partial charge in [-0.2, -0.15) is 0 Å². The van der Waals surface area contributed by atoms with E-state index >= 15 is 0 Å². The Kier molecular flexibility index (Phi) is 5.80. The second-order valence-electron chi connectivity index (χ2n) is 5.25. The van der Waals surface area contributed by atoms with E-state index < -0.39 is 0 Å². The first-order valence-electron chi connectivity index (χ1n) is 7.98. The van der Waals surface area contributed by atoms with Gasteiger partial charge in [0.05, 0.1) is 18.6 Å². The summed E-state index contributed by atoms with van der Waals surface area (Å²) in [5.74, 6) is 1.48. The summed E-state index contributed by atoms with van der Waals surface area (Å²) in [5, 5.41) is 11.7. The fourth-order valence-electron chi connectivity index (χ4n) is 2.21. The average Bonchev–Trinajstić information content (AvgIpc) is 3.03. The van der Waals surface area contributed by atoms with Crippen LogP contribution in [0.3, 0.4) is 0 Å². The molecule has 0 saturated carbocycles. The summed E-state index contributed by atoms with van der Waals surface area (Å²) in [7, 11) is 1.83. The van der Waals surface area contributed by atoms with Crippen LogP contribution in [0.5, 0.6) is 5.75 Å². The second kappa shape index (κ2) is 8.43. The van der Waals surface area contributed by atoms with Gasteiger partial charge in [-0.15, -0.1) is 10.2 Å². The predicted molar refractivity (Wildman–Crippen MR) is 99.0 cm³/mol. The number of aromatic nitrogens is 5. The molecule has 3 rings (SSSR count). The van der Waals surface area contributed by atoms with Gasteiger partial charge in [0.1, 0.15) is 11.4 Å². The van der Waals surface area contributed by atoms with Gasteiger partial charge in [-0.05, 0) is 31.2 Å². The number of nitrogens with one attached hydrogen (secondary N) is 1. The molecule has 0 radical (unpaired) electrons. The number of nitrogens with zero attached hydrogens (tertiary/aromatic N) is 5. The molecule has 0 aliphatic carbocycles. The fraction of sp³-hybridized carbons (Fsp3) is 0.235. The first-order chi connectivity index (χ1) is 12.7. The van der Waals surface area contributed by atoms with E-state index in [1.807, 2.05) is 38.2 Å². The number of hydrogen-bond donors (Lipinski definition) is 1. The van der Waals surface area contributed by atoms with Crippen molar-refractivity contribution < 1.29 is 9.53 Å². The molecule has 2 heterocycles. The molecule has 8 nitrogen and oxygen atoms in total. The molecule has 9 heteroatoms. The third kappa shape index (κ3) is 4.37. The third-order valence-corrected chi connectivity index (χ3v) is 4.43. The van der Waals surface area contributed by atoms with Gasteiger partial charge < -0.3 is 14.6 Å². The van der Waals surface area contributed by atoms with E-state index in [0.717, 1.165) is 11.4 Å². The SMILES string of the molecule is CCOc1ccc(NC(=O)CSc2nnc(-c3cnccn3)n2C)cc1. The van der Waals surface area contributed by atoms with E-state index in [-0.39, 0.29) is 11.7 Å². The van der Waals surface area contributed by atoms with E-state index in [9.17, 15) is 4.79 Å². The van der Waals surface area contributed by atoms with Gasteiger partial charge in [-0.1, -0.05) is 11.8 Å². The first-order valence-corrected chi connectivity index (χ1v) is 8.97. The van der Waals surface area contributed by atoms with Crippen LogP contribution in [0.25, 0.3) is 11.5 Å². The van der Waals surface area contributed by atoms with Crippen molar-refractivity contribution in [2.45, 2.75) is 12.1 Å². The van der Waals surface area contributed by atoms with Crippen LogP contribution in [0.1, 0.15) is 6.92 Å². The molecule has 1 amide bonds. The van der Waals surface area contributed by atoms with Crippen molar-refractivity contribution in [1.29, 1.82) is 0 Å². The lowest BCUT2D eigenvalue weighted by atomic mass is 10.3. The Hall–Kier alpha value is -2.94. The molecule has 3 aromatic rings. The standard InChI is InChI=1S/C17H18N6O2S/c1-3-25-13-6-4-12(5-7-13)20-15(24)11-26-17-22-21-16(23(17)2)14-10-18-8-9-19-14/h4-10H,3,11H2,1-2H3,(H,20,24). The highest BCUT2D eigenvalue weighted by Crippen LogP contribution is 2.21. The molecule has 1 N–H and O–H groups in total. The van der Waals surface area contributed by atoms with Crippen molar-refractivity contribution in [3.63, 3.8) is 0 Å². The van der Waals surface area contributed by atoms with Crippen LogP contribution in [0.2, 0.25) is 0 Å². The minimum absolute atomic E-state index is 0.122. The number of carbonyl (C=O) groups excluding carboxylic acids is 1. The second-order valence-corrected chi connectivity index (χ2v) is 6.19. The number of rotatable bonds is 7. The van der Waals surface area contributed by atoms with Gasteiger partial charge in [0.15, 0.2) is 11.0 Å². The van der Waals surface area contributed by atoms with Gasteiger partial charge in [-0.25, -0.2) is 4.98 Å². The molecule has 0 aliphatic rings. The van der Waals surface area contributed by atoms with E-state index in [4.69, 9.17) is 4.74 Å². The van der Waals surface area contributed by atoms with Crippen molar-refractivity contribution in [2.24, 2.45) is 7.05 Å². The van der Waals surface area contributed by atoms with Crippen LogP contribution in [0.15, 0.2) is 48.0 Å². The molecule has 0 bridgehead atoms. The minimum Gasteiger partial charge on any atom is -0.494 e. The Morgan fingerprint density at radius 1 is 1.23 bits per heavy atom. The number of ether oxygens (including phenoxy) is 1. The molecule has 1 aromatic carbocycles. The van der Waals surface area contributed by atoms with Crippen LogP contribution in [-0.4, -0.2) is 43.0 Å². The molecule has 0 unspecified atom stereocenters. The summed E-state index contributed by atoms with van der Waals surface area (Å²) < 4.78 is 7.17. The van der Waals surface area contributed by atoms with Crippen LogP contribution >= 0.6 is 11.8 Å². The quantitative estimate of drug-likeness (QED) is 0.638. The predicted octanol–water partition coefficient (Wildman–Crippen LogP) is 2.40. The highest BCUT2D eigenvalue weighted by atomic mass is 32.2. The van der Waals surface area contributed by atoms with E-state index in [1.165, 1.54) is 11.8 Å². The molecular weight excluding hydrogens is 352 g/mol. The zero-order valence-corrected chi connectivity index (χ0v) is 15.2. The summed E-state index contributed by atoms with van der Waals surface area (Å²) in [6.45, 7) is 2.53. The van der Waals surface area contributed by atoms with Crippen molar-refractivity contribution in [2.75, 3.05) is 17.7 Å². The summed E-state index contributed by atoms with van der Waals surface area (Å²) in [4.78, 5) is 20.4. The van der Waals surface area contributed by atoms with Crippen molar-refractivity contribution in [3.8, 4) is 17.3 Å². The summed E-state index contributed by atoms with van der Waals surface area (Å²) in [5.41, 5.74) is 1.35. The number of anilines is 1. The van der Waals surface area contributed by atoms with Gasteiger partial charge in [-0.3, -0.25) is 9.78 Å². The number of benzene rings is 1. The molecule has 0 saturated heterocycles. The average molecular weight is 370 g/mol. The lowest BCUT2D eigenvalue weighted by molar-refractivity contribution is -0.113. The van der Waals surface area contributed by atoms with E-state index in [2.05, 4.69) is 25.5 Å². The smallest absolute Gasteiger partial charge is 0.234 e. The maximum atomic E-state index is 12.1. The maximum Gasteiger partial charge on any atom is 0.234 e. The molecular formula is C17H18N6O2S. The molecule has 0 atom stereocenters. The Morgan fingerprint density at radius 2 is 2.04 bits per heavy atom. The highest BCUT2D eigenvalue weighted by molar-refractivity contribution is 7.99. The van der Waals surface area contributed by atoms with Crippen LogP contribution in [-0.2, 0) is 11.8 Å². The summed E-state index contributed by atoms with van der Waals surface area (Å²) in [6.07, 6.45) is 4.82.